The molecule has 2 aromatic carbocycles. The molecule has 3 rings (SSSR count). The van der Waals surface area contributed by atoms with Gasteiger partial charge in [0.15, 0.2) is 0 Å². The number of hydrogen-bond acceptors (Lipinski definition) is 3. The Hall–Kier alpha value is -2.17. The standard InChI is InChI=1S/C19H22N2O2/c1-2-17-14-20-12-13-21(17,19(22)23)18-10-8-16(9-11-18)15-6-4-3-5-7-15/h3-11,17,20H,2,12-14H2,1H3. The molecule has 1 aliphatic heterocycles. The first kappa shape index (κ1) is 15.7. The summed E-state index contributed by atoms with van der Waals surface area (Å²) in [6.45, 7) is 3.94. The number of quaternary nitrogens is 1. The molecule has 1 fully saturated rings. The van der Waals surface area contributed by atoms with Crippen LogP contribution in [0.1, 0.15) is 13.3 Å². The zero-order valence-electron chi connectivity index (χ0n) is 13.4. The van der Waals surface area contributed by atoms with Crippen LogP contribution in [0.15, 0.2) is 54.6 Å². The number of carboxylic acid groups (broad SMARTS) is 1. The molecule has 1 N–H and O–H groups in total. The van der Waals surface area contributed by atoms with Crippen LogP contribution < -0.4 is 14.9 Å². The fraction of sp³-hybridized carbons (Fsp3) is 0.316. The van der Waals surface area contributed by atoms with Crippen LogP contribution in [0.2, 0.25) is 0 Å². The highest BCUT2D eigenvalue weighted by Gasteiger charge is 2.42. The fourth-order valence-corrected chi connectivity index (χ4v) is 3.55. The van der Waals surface area contributed by atoms with E-state index in [0.717, 1.165) is 23.2 Å². The third-order valence-corrected chi connectivity index (χ3v) is 4.88. The number of amides is 1. The summed E-state index contributed by atoms with van der Waals surface area (Å²) < 4.78 is -0.0848. The monoisotopic (exact) mass is 310 g/mol. The Balaban J connectivity index is 1.99. The van der Waals surface area contributed by atoms with Crippen LogP contribution in [0, 0.1) is 0 Å². The normalized spacial score (nSPS) is 24.3. The minimum Gasteiger partial charge on any atom is -0.498 e. The Bertz CT molecular complexity index is 670. The van der Waals surface area contributed by atoms with Gasteiger partial charge in [0.05, 0.1) is 0 Å². The lowest BCUT2D eigenvalue weighted by Gasteiger charge is -2.46. The quantitative estimate of drug-likeness (QED) is 0.886. The molecule has 2 atom stereocenters. The third-order valence-electron chi connectivity index (χ3n) is 4.88. The van der Waals surface area contributed by atoms with Gasteiger partial charge < -0.3 is 15.2 Å². The molecular weight excluding hydrogens is 288 g/mol. The molecule has 4 nitrogen and oxygen atoms in total. The van der Waals surface area contributed by atoms with E-state index in [2.05, 4.69) is 17.4 Å². The van der Waals surface area contributed by atoms with E-state index in [9.17, 15) is 9.90 Å². The molecule has 0 bridgehead atoms. The molecule has 1 heterocycles. The minimum absolute atomic E-state index is 0.00340. The van der Waals surface area contributed by atoms with Crippen molar-refractivity contribution in [1.29, 1.82) is 0 Å². The predicted molar refractivity (Wildman–Crippen MR) is 90.9 cm³/mol. The first-order valence-electron chi connectivity index (χ1n) is 8.14. The Kier molecular flexibility index (Phi) is 4.46. The van der Waals surface area contributed by atoms with Crippen molar-refractivity contribution in [1.82, 2.24) is 9.80 Å². The number of hydrogen-bond donors (Lipinski definition) is 1. The molecule has 2 unspecified atom stereocenters. The number of rotatable bonds is 3. The van der Waals surface area contributed by atoms with Crippen LogP contribution in [-0.2, 0) is 0 Å². The number of benzene rings is 2. The smallest absolute Gasteiger partial charge is 0.263 e. The molecule has 0 aromatic heterocycles. The highest BCUT2D eigenvalue weighted by molar-refractivity contribution is 5.81. The number of carbonyl (C=O) groups excluding carboxylic acids is 1. The van der Waals surface area contributed by atoms with E-state index < -0.39 is 6.09 Å². The molecule has 4 heteroatoms. The number of piperazine rings is 1. The predicted octanol–water partition coefficient (Wildman–Crippen LogP) is 2.39. The van der Waals surface area contributed by atoms with E-state index in [1.54, 1.807) is 0 Å². The van der Waals surface area contributed by atoms with Crippen LogP contribution in [0.5, 0.6) is 0 Å². The van der Waals surface area contributed by atoms with E-state index in [-0.39, 0.29) is 10.5 Å². The molecule has 0 spiro atoms. The summed E-state index contributed by atoms with van der Waals surface area (Å²) in [6.07, 6.45) is -0.215. The van der Waals surface area contributed by atoms with E-state index in [4.69, 9.17) is 0 Å². The molecular formula is C19H22N2O2. The molecule has 0 saturated carbocycles. The third kappa shape index (κ3) is 2.76. The van der Waals surface area contributed by atoms with E-state index >= 15 is 0 Å². The van der Waals surface area contributed by atoms with Crippen molar-refractivity contribution in [2.24, 2.45) is 0 Å². The van der Waals surface area contributed by atoms with Crippen LogP contribution >= 0.6 is 0 Å². The maximum Gasteiger partial charge on any atom is 0.263 e. The van der Waals surface area contributed by atoms with Crippen molar-refractivity contribution in [3.05, 3.63) is 54.6 Å². The second-order valence-electron chi connectivity index (χ2n) is 6.04. The molecule has 0 aliphatic carbocycles. The molecule has 120 valence electrons. The zero-order valence-corrected chi connectivity index (χ0v) is 13.4. The van der Waals surface area contributed by atoms with Crippen LogP contribution in [0.25, 0.3) is 11.1 Å². The number of carbonyl (C=O) groups is 1. The van der Waals surface area contributed by atoms with Gasteiger partial charge in [0.1, 0.15) is 18.3 Å². The average molecular weight is 310 g/mol. The Morgan fingerprint density at radius 1 is 1.13 bits per heavy atom. The molecule has 23 heavy (non-hydrogen) atoms. The van der Waals surface area contributed by atoms with Gasteiger partial charge in [0, 0.05) is 25.2 Å². The van der Waals surface area contributed by atoms with E-state index in [0.29, 0.717) is 19.6 Å². The Morgan fingerprint density at radius 3 is 2.39 bits per heavy atom. The lowest BCUT2D eigenvalue weighted by molar-refractivity contribution is -0.267. The van der Waals surface area contributed by atoms with Gasteiger partial charge in [-0.25, -0.2) is 4.48 Å². The lowest BCUT2D eigenvalue weighted by atomic mass is 10.0. The minimum atomic E-state index is -1.01. The van der Waals surface area contributed by atoms with Crippen molar-refractivity contribution in [2.75, 3.05) is 19.6 Å². The van der Waals surface area contributed by atoms with E-state index in [1.807, 2.05) is 49.4 Å². The summed E-state index contributed by atoms with van der Waals surface area (Å²) in [5, 5.41) is 15.3. The maximum absolute atomic E-state index is 12.0. The van der Waals surface area contributed by atoms with E-state index in [1.165, 1.54) is 0 Å². The zero-order chi connectivity index (χ0) is 16.3. The lowest BCUT2D eigenvalue weighted by Crippen LogP contribution is -2.72. The van der Waals surface area contributed by atoms with Crippen molar-refractivity contribution < 1.29 is 9.90 Å². The van der Waals surface area contributed by atoms with Crippen LogP contribution in [0.3, 0.4) is 0 Å². The highest BCUT2D eigenvalue weighted by atomic mass is 16.4. The first-order valence-corrected chi connectivity index (χ1v) is 8.14. The van der Waals surface area contributed by atoms with Crippen molar-refractivity contribution in [3.63, 3.8) is 0 Å². The van der Waals surface area contributed by atoms with Gasteiger partial charge in [-0.1, -0.05) is 37.3 Å². The topological polar surface area (TPSA) is 52.2 Å². The maximum atomic E-state index is 12.0. The van der Waals surface area contributed by atoms with Crippen LogP contribution in [-0.4, -0.2) is 31.8 Å². The molecule has 1 saturated heterocycles. The van der Waals surface area contributed by atoms with Crippen LogP contribution in [0.4, 0.5) is 10.5 Å². The summed E-state index contributed by atoms with van der Waals surface area (Å²) >= 11 is 0. The van der Waals surface area contributed by atoms with Crippen molar-refractivity contribution >= 4 is 11.8 Å². The Labute approximate surface area is 137 Å². The summed E-state index contributed by atoms with van der Waals surface area (Å²) in [5.41, 5.74) is 3.03. The Morgan fingerprint density at radius 2 is 1.78 bits per heavy atom. The summed E-state index contributed by atoms with van der Waals surface area (Å²) in [6, 6.07) is 18.0. The van der Waals surface area contributed by atoms with Gasteiger partial charge in [-0.3, -0.25) is 0 Å². The van der Waals surface area contributed by atoms with Gasteiger partial charge in [0.25, 0.3) is 6.09 Å². The molecule has 2 aromatic rings. The van der Waals surface area contributed by atoms with Crippen molar-refractivity contribution in [3.8, 4) is 11.1 Å². The van der Waals surface area contributed by atoms with Gasteiger partial charge in [-0.2, -0.15) is 0 Å². The van der Waals surface area contributed by atoms with Gasteiger partial charge >= 0.3 is 0 Å². The van der Waals surface area contributed by atoms with Gasteiger partial charge in [0.2, 0.25) is 0 Å². The molecule has 0 radical (unpaired) electrons. The number of nitrogens with zero attached hydrogens (tertiary/aromatic N) is 1. The number of nitrogens with one attached hydrogen (secondary N) is 1. The SMILES string of the molecule is CCC1CNCC[N+]1(C(=O)[O-])c1ccc(-c2ccccc2)cc1. The highest BCUT2D eigenvalue weighted by Crippen LogP contribution is 2.31. The first-order chi connectivity index (χ1) is 11.2. The molecule has 1 aliphatic rings. The fourth-order valence-electron chi connectivity index (χ4n) is 3.55. The van der Waals surface area contributed by atoms with Gasteiger partial charge in [-0.15, -0.1) is 0 Å². The second kappa shape index (κ2) is 6.52. The largest absolute Gasteiger partial charge is 0.498 e. The summed E-state index contributed by atoms with van der Waals surface area (Å²) in [4.78, 5) is 12.0. The second-order valence-corrected chi connectivity index (χ2v) is 6.04. The van der Waals surface area contributed by atoms with Crippen molar-refractivity contribution in [2.45, 2.75) is 19.4 Å². The molecule has 1 amide bonds. The summed E-state index contributed by atoms with van der Waals surface area (Å²) in [7, 11) is 0. The van der Waals surface area contributed by atoms with Gasteiger partial charge in [-0.05, 0) is 29.7 Å². The summed E-state index contributed by atoms with van der Waals surface area (Å²) in [5.74, 6) is 0. The average Bonchev–Trinajstić information content (AvgIpc) is 2.62.